The fraction of sp³-hybridized carbons (Fsp3) is 0.286. The fourth-order valence-corrected chi connectivity index (χ4v) is 1.84. The Labute approximate surface area is 124 Å². The summed E-state index contributed by atoms with van der Waals surface area (Å²) in [7, 11) is 1.82. The second-order valence-electron chi connectivity index (χ2n) is 4.47. The molecule has 0 aliphatic rings. The number of halogens is 1. The van der Waals surface area contributed by atoms with Gasteiger partial charge in [-0.05, 0) is 30.7 Å². The van der Waals surface area contributed by atoms with Gasteiger partial charge in [0.1, 0.15) is 5.82 Å². The van der Waals surface area contributed by atoms with E-state index in [0.717, 1.165) is 18.5 Å². The van der Waals surface area contributed by atoms with Crippen LogP contribution >= 0.6 is 12.4 Å². The maximum Gasteiger partial charge on any atom is 0.256 e. The Hall–Kier alpha value is -2.01. The van der Waals surface area contributed by atoms with E-state index in [1.165, 1.54) is 0 Å². The predicted octanol–water partition coefficient (Wildman–Crippen LogP) is 2.63. The lowest BCUT2D eigenvalue weighted by Gasteiger charge is -2.05. The smallest absolute Gasteiger partial charge is 0.256 e. The molecular formula is C14H19ClN4O. The predicted molar refractivity (Wildman–Crippen MR) is 83.3 cm³/mol. The molecule has 2 aromatic rings. The van der Waals surface area contributed by atoms with Crippen LogP contribution in [0.15, 0.2) is 30.3 Å². The van der Waals surface area contributed by atoms with Crippen LogP contribution in [0.3, 0.4) is 0 Å². The fourth-order valence-electron chi connectivity index (χ4n) is 1.84. The molecule has 0 saturated carbocycles. The second kappa shape index (κ2) is 6.96. The molecule has 1 aromatic heterocycles. The van der Waals surface area contributed by atoms with Crippen molar-refractivity contribution in [3.05, 3.63) is 41.6 Å². The van der Waals surface area contributed by atoms with Gasteiger partial charge < -0.3 is 11.1 Å². The number of rotatable bonds is 4. The van der Waals surface area contributed by atoms with Crippen LogP contribution in [0.1, 0.15) is 29.4 Å². The molecule has 0 saturated heterocycles. The molecule has 0 atom stereocenters. The summed E-state index contributed by atoms with van der Waals surface area (Å²) in [5.41, 5.74) is 7.80. The van der Waals surface area contributed by atoms with Crippen LogP contribution in [0.5, 0.6) is 0 Å². The van der Waals surface area contributed by atoms with Gasteiger partial charge in [0.15, 0.2) is 0 Å². The molecule has 3 N–H and O–H groups in total. The summed E-state index contributed by atoms with van der Waals surface area (Å²) < 4.78 is 1.68. The SMILES string of the molecule is CCCc1cc(NC(=O)c2ccc(N)cc2)n(C)n1.Cl. The molecule has 0 unspecified atom stereocenters. The standard InChI is InChI=1S/C14H18N4O.ClH/c1-3-4-12-9-13(18(2)17-12)16-14(19)10-5-7-11(15)8-6-10;/h5-9H,3-4,15H2,1-2H3,(H,16,19);1H. The number of carbonyl (C=O) groups is 1. The first kappa shape index (κ1) is 16.0. The molecule has 0 bridgehead atoms. The summed E-state index contributed by atoms with van der Waals surface area (Å²) in [6.07, 6.45) is 1.94. The maximum atomic E-state index is 12.1. The van der Waals surface area contributed by atoms with E-state index in [-0.39, 0.29) is 18.3 Å². The van der Waals surface area contributed by atoms with E-state index in [9.17, 15) is 4.79 Å². The lowest BCUT2D eigenvalue weighted by molar-refractivity contribution is 0.102. The van der Waals surface area contributed by atoms with Gasteiger partial charge in [-0.15, -0.1) is 12.4 Å². The lowest BCUT2D eigenvalue weighted by Crippen LogP contribution is -2.14. The van der Waals surface area contributed by atoms with Gasteiger partial charge >= 0.3 is 0 Å². The van der Waals surface area contributed by atoms with Gasteiger partial charge in [0.2, 0.25) is 0 Å². The quantitative estimate of drug-likeness (QED) is 0.851. The topological polar surface area (TPSA) is 72.9 Å². The van der Waals surface area contributed by atoms with Crippen LogP contribution in [0.2, 0.25) is 0 Å². The molecule has 1 heterocycles. The van der Waals surface area contributed by atoms with E-state index in [1.807, 2.05) is 13.1 Å². The van der Waals surface area contributed by atoms with Gasteiger partial charge in [0, 0.05) is 24.4 Å². The number of hydrogen-bond acceptors (Lipinski definition) is 3. The molecule has 1 aromatic carbocycles. The van der Waals surface area contributed by atoms with Gasteiger partial charge in [-0.2, -0.15) is 5.10 Å². The number of hydrogen-bond donors (Lipinski definition) is 2. The highest BCUT2D eigenvalue weighted by Gasteiger charge is 2.10. The number of carbonyl (C=O) groups excluding carboxylic acids is 1. The molecule has 20 heavy (non-hydrogen) atoms. The van der Waals surface area contributed by atoms with Crippen LogP contribution in [0.4, 0.5) is 11.5 Å². The van der Waals surface area contributed by atoms with Crippen LogP contribution in [-0.4, -0.2) is 15.7 Å². The lowest BCUT2D eigenvalue weighted by atomic mass is 10.2. The first-order valence-corrected chi connectivity index (χ1v) is 6.30. The first-order chi connectivity index (χ1) is 9.10. The number of nitrogens with two attached hydrogens (primary N) is 1. The molecule has 108 valence electrons. The Balaban J connectivity index is 0.00000200. The highest BCUT2D eigenvalue weighted by Crippen LogP contribution is 2.13. The van der Waals surface area contributed by atoms with Crippen molar-refractivity contribution in [2.45, 2.75) is 19.8 Å². The van der Waals surface area contributed by atoms with Gasteiger partial charge in [0.05, 0.1) is 5.69 Å². The monoisotopic (exact) mass is 294 g/mol. The Bertz CT molecular complexity index is 577. The number of anilines is 2. The van der Waals surface area contributed by atoms with Crippen molar-refractivity contribution in [2.24, 2.45) is 7.05 Å². The van der Waals surface area contributed by atoms with Crippen molar-refractivity contribution in [1.82, 2.24) is 9.78 Å². The van der Waals surface area contributed by atoms with E-state index in [4.69, 9.17) is 5.73 Å². The zero-order valence-electron chi connectivity index (χ0n) is 11.6. The summed E-state index contributed by atoms with van der Waals surface area (Å²) in [5.74, 6) is 0.538. The largest absolute Gasteiger partial charge is 0.399 e. The number of nitrogens with zero attached hydrogens (tertiary/aromatic N) is 2. The van der Waals surface area contributed by atoms with Crippen molar-refractivity contribution in [3.63, 3.8) is 0 Å². The molecule has 6 heteroatoms. The molecule has 0 aliphatic heterocycles. The average Bonchev–Trinajstić information content (AvgIpc) is 2.71. The Morgan fingerprint density at radius 1 is 1.35 bits per heavy atom. The number of nitrogen functional groups attached to an aromatic ring is 1. The Kier molecular flexibility index (Phi) is 5.58. The summed E-state index contributed by atoms with van der Waals surface area (Å²) in [6.45, 7) is 2.10. The van der Waals surface area contributed by atoms with Crippen LogP contribution < -0.4 is 11.1 Å². The van der Waals surface area contributed by atoms with E-state index in [2.05, 4.69) is 17.3 Å². The normalized spacial score (nSPS) is 9.90. The number of nitrogens with one attached hydrogen (secondary N) is 1. The summed E-state index contributed by atoms with van der Waals surface area (Å²) in [5, 5.41) is 7.19. The van der Waals surface area contributed by atoms with Gasteiger partial charge in [-0.3, -0.25) is 9.48 Å². The number of amides is 1. The number of aryl methyl sites for hydroxylation is 2. The Morgan fingerprint density at radius 2 is 2.00 bits per heavy atom. The third-order valence-corrected chi connectivity index (χ3v) is 2.85. The number of aromatic nitrogens is 2. The summed E-state index contributed by atoms with van der Waals surface area (Å²) in [6, 6.07) is 8.72. The van der Waals surface area contributed by atoms with E-state index >= 15 is 0 Å². The van der Waals surface area contributed by atoms with Crippen molar-refractivity contribution in [1.29, 1.82) is 0 Å². The minimum atomic E-state index is -0.161. The molecule has 0 spiro atoms. The minimum Gasteiger partial charge on any atom is -0.399 e. The molecule has 5 nitrogen and oxygen atoms in total. The first-order valence-electron chi connectivity index (χ1n) is 6.30. The van der Waals surface area contributed by atoms with Gasteiger partial charge in [-0.1, -0.05) is 13.3 Å². The highest BCUT2D eigenvalue weighted by atomic mass is 35.5. The molecule has 2 rings (SSSR count). The van der Waals surface area contributed by atoms with Crippen molar-refractivity contribution in [2.75, 3.05) is 11.1 Å². The number of benzene rings is 1. The van der Waals surface area contributed by atoms with Gasteiger partial charge in [-0.25, -0.2) is 0 Å². The molecule has 0 fully saturated rings. The zero-order chi connectivity index (χ0) is 13.8. The van der Waals surface area contributed by atoms with Crippen molar-refractivity contribution >= 4 is 29.8 Å². The second-order valence-corrected chi connectivity index (χ2v) is 4.47. The van der Waals surface area contributed by atoms with E-state index < -0.39 is 0 Å². The molecule has 0 aliphatic carbocycles. The highest BCUT2D eigenvalue weighted by molar-refractivity contribution is 6.04. The Morgan fingerprint density at radius 3 is 2.60 bits per heavy atom. The van der Waals surface area contributed by atoms with E-state index in [0.29, 0.717) is 17.1 Å². The average molecular weight is 295 g/mol. The van der Waals surface area contributed by atoms with Crippen LogP contribution in [0.25, 0.3) is 0 Å². The molecule has 1 amide bonds. The van der Waals surface area contributed by atoms with Crippen molar-refractivity contribution in [3.8, 4) is 0 Å². The third kappa shape index (κ3) is 3.74. The molecule has 0 radical (unpaired) electrons. The van der Waals surface area contributed by atoms with Crippen LogP contribution in [-0.2, 0) is 13.5 Å². The molecular weight excluding hydrogens is 276 g/mol. The summed E-state index contributed by atoms with van der Waals surface area (Å²) in [4.78, 5) is 12.1. The third-order valence-electron chi connectivity index (χ3n) is 2.85. The zero-order valence-corrected chi connectivity index (χ0v) is 12.4. The van der Waals surface area contributed by atoms with Crippen molar-refractivity contribution < 1.29 is 4.79 Å². The maximum absolute atomic E-state index is 12.1. The van der Waals surface area contributed by atoms with Gasteiger partial charge in [0.25, 0.3) is 5.91 Å². The van der Waals surface area contributed by atoms with E-state index in [1.54, 1.807) is 28.9 Å². The van der Waals surface area contributed by atoms with Crippen LogP contribution in [0, 0.1) is 0 Å². The summed E-state index contributed by atoms with van der Waals surface area (Å²) >= 11 is 0. The minimum absolute atomic E-state index is 0.